The first-order chi connectivity index (χ1) is 21.0. The van der Waals surface area contributed by atoms with Crippen molar-refractivity contribution < 1.29 is 19.1 Å². The van der Waals surface area contributed by atoms with E-state index in [9.17, 15) is 9.59 Å². The molecule has 5 rings (SSSR count). The molecule has 2 amide bonds. The molecule has 0 bridgehead atoms. The summed E-state index contributed by atoms with van der Waals surface area (Å²) in [7, 11) is 1.51. The van der Waals surface area contributed by atoms with Gasteiger partial charge in [0.2, 0.25) is 0 Å². The highest BCUT2D eigenvalue weighted by molar-refractivity contribution is 7.14. The number of carbonyl (C=O) groups excluding carboxylic acids is 2. The van der Waals surface area contributed by atoms with Crippen LogP contribution < -0.4 is 25.5 Å². The van der Waals surface area contributed by atoms with Crippen molar-refractivity contribution in [2.75, 3.05) is 24.4 Å². The van der Waals surface area contributed by atoms with Crippen LogP contribution in [0.15, 0.2) is 108 Å². The summed E-state index contributed by atoms with van der Waals surface area (Å²) in [5.41, 5.74) is 8.12. The molecule has 0 aliphatic rings. The molecule has 43 heavy (non-hydrogen) atoms. The number of hydrazone groups is 1. The number of rotatable bonds is 11. The predicted molar refractivity (Wildman–Crippen MR) is 171 cm³/mol. The molecule has 0 aliphatic carbocycles. The number of nitrogens with one attached hydrogen (secondary N) is 3. The van der Waals surface area contributed by atoms with E-state index < -0.39 is 0 Å². The van der Waals surface area contributed by atoms with Crippen LogP contribution in [-0.4, -0.2) is 36.7 Å². The lowest BCUT2D eigenvalue weighted by molar-refractivity contribution is -0.118. The first-order valence-corrected chi connectivity index (χ1v) is 14.2. The van der Waals surface area contributed by atoms with Gasteiger partial charge in [0.15, 0.2) is 23.2 Å². The molecule has 0 unspecified atom stereocenters. The number of aryl methyl sites for hydroxylation is 1. The Bertz CT molecular complexity index is 1740. The summed E-state index contributed by atoms with van der Waals surface area (Å²) in [5.74, 6) is 0.203. The number of hydrogen-bond donors (Lipinski definition) is 3. The van der Waals surface area contributed by atoms with Crippen LogP contribution in [0, 0.1) is 6.92 Å². The first kappa shape index (κ1) is 29.0. The fourth-order valence-electron chi connectivity index (χ4n) is 4.08. The average molecular weight is 592 g/mol. The Morgan fingerprint density at radius 3 is 2.47 bits per heavy atom. The SMILES string of the molecule is COc1cc(/C=N/NC(=O)c2ccc(-c3csc(Nc4ccccc4)n3)cc2)ccc1OCC(=O)Nc1cccc(C)c1. The van der Waals surface area contributed by atoms with Crippen LogP contribution >= 0.6 is 11.3 Å². The van der Waals surface area contributed by atoms with Crippen LogP contribution in [0.5, 0.6) is 11.5 Å². The normalized spacial score (nSPS) is 10.7. The Labute approximate surface area is 253 Å². The second kappa shape index (κ2) is 13.9. The van der Waals surface area contributed by atoms with Gasteiger partial charge in [-0.25, -0.2) is 10.4 Å². The van der Waals surface area contributed by atoms with Crippen molar-refractivity contribution in [2.24, 2.45) is 5.10 Å². The molecule has 0 saturated carbocycles. The molecule has 5 aromatic rings. The number of ether oxygens (including phenoxy) is 2. The summed E-state index contributed by atoms with van der Waals surface area (Å²) in [6, 6.07) is 29.7. The largest absolute Gasteiger partial charge is 0.493 e. The van der Waals surface area contributed by atoms with Gasteiger partial charge in [0, 0.05) is 27.9 Å². The number of carbonyl (C=O) groups is 2. The molecule has 3 N–H and O–H groups in total. The molecule has 216 valence electrons. The lowest BCUT2D eigenvalue weighted by atomic mass is 10.1. The zero-order chi connectivity index (χ0) is 30.0. The fraction of sp³-hybridized carbons (Fsp3) is 0.0909. The number of thiazole rings is 1. The van der Waals surface area contributed by atoms with Crippen molar-refractivity contribution in [1.29, 1.82) is 0 Å². The van der Waals surface area contributed by atoms with Gasteiger partial charge in [-0.1, -0.05) is 42.5 Å². The third-order valence-electron chi connectivity index (χ3n) is 6.20. The minimum absolute atomic E-state index is 0.180. The summed E-state index contributed by atoms with van der Waals surface area (Å²) >= 11 is 1.51. The second-order valence-corrected chi connectivity index (χ2v) is 10.3. The molecule has 1 heterocycles. The van der Waals surface area contributed by atoms with Crippen molar-refractivity contribution >= 4 is 45.9 Å². The maximum atomic E-state index is 12.6. The van der Waals surface area contributed by atoms with E-state index in [1.807, 2.05) is 79.0 Å². The molecule has 0 fully saturated rings. The van der Waals surface area contributed by atoms with E-state index in [1.54, 1.807) is 30.3 Å². The third-order valence-corrected chi connectivity index (χ3v) is 6.96. The van der Waals surface area contributed by atoms with Crippen LogP contribution in [-0.2, 0) is 4.79 Å². The van der Waals surface area contributed by atoms with Gasteiger partial charge in [0.25, 0.3) is 11.8 Å². The second-order valence-electron chi connectivity index (χ2n) is 9.42. The van der Waals surface area contributed by atoms with E-state index in [0.717, 1.165) is 27.6 Å². The number of para-hydroxylation sites is 1. The molecule has 0 radical (unpaired) electrons. The summed E-state index contributed by atoms with van der Waals surface area (Å²) < 4.78 is 11.1. The van der Waals surface area contributed by atoms with Crippen molar-refractivity contribution in [3.05, 3.63) is 119 Å². The number of amides is 2. The van der Waals surface area contributed by atoms with Crippen LogP contribution in [0.1, 0.15) is 21.5 Å². The number of nitrogens with zero attached hydrogens (tertiary/aromatic N) is 2. The van der Waals surface area contributed by atoms with Gasteiger partial charge in [-0.2, -0.15) is 5.10 Å². The molecule has 0 aliphatic heterocycles. The highest BCUT2D eigenvalue weighted by Gasteiger charge is 2.10. The quantitative estimate of drug-likeness (QED) is 0.117. The molecule has 0 atom stereocenters. The van der Waals surface area contributed by atoms with E-state index in [-0.39, 0.29) is 18.4 Å². The average Bonchev–Trinajstić information content (AvgIpc) is 3.49. The first-order valence-electron chi connectivity index (χ1n) is 13.4. The standard InChI is InChI=1S/C33H29N5O4S/c1-22-7-6-10-27(17-22)35-31(39)20-42-29-16-11-23(18-30(29)41-2)19-34-38-32(40)25-14-12-24(13-15-25)28-21-43-33(37-28)36-26-8-4-3-5-9-26/h3-19,21H,20H2,1-2H3,(H,35,39)(H,36,37)(H,38,40)/b34-19+. The zero-order valence-corrected chi connectivity index (χ0v) is 24.4. The number of aromatic nitrogens is 1. The van der Waals surface area contributed by atoms with Gasteiger partial charge in [0.1, 0.15) is 0 Å². The molecule has 0 saturated heterocycles. The van der Waals surface area contributed by atoms with Gasteiger partial charge >= 0.3 is 0 Å². The summed E-state index contributed by atoms with van der Waals surface area (Å²) in [5, 5.41) is 12.9. The Morgan fingerprint density at radius 1 is 0.907 bits per heavy atom. The van der Waals surface area contributed by atoms with Crippen molar-refractivity contribution in [3.63, 3.8) is 0 Å². The fourth-order valence-corrected chi connectivity index (χ4v) is 4.82. The van der Waals surface area contributed by atoms with Crippen LogP contribution in [0.4, 0.5) is 16.5 Å². The maximum Gasteiger partial charge on any atom is 0.271 e. The zero-order valence-electron chi connectivity index (χ0n) is 23.5. The number of methoxy groups -OCH3 is 1. The highest BCUT2D eigenvalue weighted by Crippen LogP contribution is 2.28. The summed E-state index contributed by atoms with van der Waals surface area (Å²) in [6.07, 6.45) is 1.50. The molecule has 0 spiro atoms. The van der Waals surface area contributed by atoms with Gasteiger partial charge in [-0.05, 0) is 72.6 Å². The van der Waals surface area contributed by atoms with Crippen LogP contribution in [0.25, 0.3) is 11.3 Å². The van der Waals surface area contributed by atoms with Gasteiger partial charge in [-0.3, -0.25) is 9.59 Å². The van der Waals surface area contributed by atoms with Gasteiger partial charge < -0.3 is 20.1 Å². The third kappa shape index (κ3) is 8.05. The molecular weight excluding hydrogens is 562 g/mol. The molecule has 4 aromatic carbocycles. The molecule has 1 aromatic heterocycles. The predicted octanol–water partition coefficient (Wildman–Crippen LogP) is 6.65. The Kier molecular flexibility index (Phi) is 9.40. The lowest BCUT2D eigenvalue weighted by Gasteiger charge is -2.11. The Morgan fingerprint density at radius 2 is 1.70 bits per heavy atom. The van der Waals surface area contributed by atoms with Crippen molar-refractivity contribution in [3.8, 4) is 22.8 Å². The molecule has 9 nitrogen and oxygen atoms in total. The van der Waals surface area contributed by atoms with Crippen LogP contribution in [0.2, 0.25) is 0 Å². The van der Waals surface area contributed by atoms with E-state index in [0.29, 0.717) is 28.3 Å². The minimum Gasteiger partial charge on any atom is -0.493 e. The summed E-state index contributed by atoms with van der Waals surface area (Å²) in [6.45, 7) is 1.77. The maximum absolute atomic E-state index is 12.6. The van der Waals surface area contributed by atoms with E-state index in [4.69, 9.17) is 9.47 Å². The number of benzene rings is 4. The van der Waals surface area contributed by atoms with E-state index >= 15 is 0 Å². The highest BCUT2D eigenvalue weighted by atomic mass is 32.1. The minimum atomic E-state index is -0.348. The van der Waals surface area contributed by atoms with Crippen molar-refractivity contribution in [2.45, 2.75) is 6.92 Å². The van der Waals surface area contributed by atoms with E-state index in [1.165, 1.54) is 24.7 Å². The van der Waals surface area contributed by atoms with Gasteiger partial charge in [-0.15, -0.1) is 11.3 Å². The smallest absolute Gasteiger partial charge is 0.271 e. The topological polar surface area (TPSA) is 114 Å². The van der Waals surface area contributed by atoms with Crippen LogP contribution in [0.3, 0.4) is 0 Å². The number of anilines is 3. The lowest BCUT2D eigenvalue weighted by Crippen LogP contribution is -2.20. The van der Waals surface area contributed by atoms with E-state index in [2.05, 4.69) is 26.1 Å². The molecular formula is C33H29N5O4S. The molecule has 10 heteroatoms. The Hall–Kier alpha value is -5.48. The Balaban J connectivity index is 1.13. The van der Waals surface area contributed by atoms with Crippen molar-refractivity contribution in [1.82, 2.24) is 10.4 Å². The monoisotopic (exact) mass is 591 g/mol. The van der Waals surface area contributed by atoms with Gasteiger partial charge in [0.05, 0.1) is 19.0 Å². The number of hydrogen-bond acceptors (Lipinski definition) is 8. The summed E-state index contributed by atoms with van der Waals surface area (Å²) in [4.78, 5) is 29.6.